The highest BCUT2D eigenvalue weighted by Crippen LogP contribution is 2.29. The Hall–Kier alpha value is -0.130. The van der Waals surface area contributed by atoms with Crippen LogP contribution in [0, 0.1) is 5.92 Å². The lowest BCUT2D eigenvalue weighted by Crippen LogP contribution is -2.42. The maximum Gasteiger partial charge on any atom is 0.215 e. The third-order valence-electron chi connectivity index (χ3n) is 4.13. The minimum Gasteiger partial charge on any atom is -0.316 e. The number of nitrogens with zero attached hydrogens (tertiary/aromatic N) is 1. The second-order valence-electron chi connectivity index (χ2n) is 5.27. The number of hydrogen-bond acceptors (Lipinski definition) is 3. The molecule has 1 rings (SSSR count). The summed E-state index contributed by atoms with van der Waals surface area (Å²) in [5.41, 5.74) is 0. The normalized spacial score (nSPS) is 25.6. The molecule has 0 spiro atoms. The highest BCUT2D eigenvalue weighted by molar-refractivity contribution is 7.89. The van der Waals surface area contributed by atoms with E-state index in [1.54, 1.807) is 11.4 Å². The molecule has 5 heteroatoms. The van der Waals surface area contributed by atoms with Crippen LogP contribution >= 0.6 is 0 Å². The first-order valence-electron chi connectivity index (χ1n) is 7.17. The van der Waals surface area contributed by atoms with E-state index in [0.29, 0.717) is 6.54 Å². The minimum absolute atomic E-state index is 0.213. The first kappa shape index (κ1) is 15.9. The molecule has 0 bridgehead atoms. The molecule has 1 saturated carbocycles. The molecule has 1 N–H and O–H groups in total. The predicted octanol–water partition coefficient (Wildman–Crippen LogP) is 1.83. The van der Waals surface area contributed by atoms with Gasteiger partial charge in [0.15, 0.2) is 0 Å². The molecule has 1 aliphatic carbocycles. The van der Waals surface area contributed by atoms with Crippen molar-refractivity contribution in [2.45, 2.75) is 52.0 Å². The fourth-order valence-electron chi connectivity index (χ4n) is 2.67. The van der Waals surface area contributed by atoms with E-state index in [1.165, 1.54) is 19.3 Å². The van der Waals surface area contributed by atoms with Crippen LogP contribution in [0.5, 0.6) is 0 Å². The average molecular weight is 276 g/mol. The Kier molecular flexibility index (Phi) is 6.60. The number of nitrogens with one attached hydrogen (secondary N) is 1. The van der Waals surface area contributed by atoms with Crippen LogP contribution in [-0.2, 0) is 10.0 Å². The van der Waals surface area contributed by atoms with Crippen molar-refractivity contribution in [2.75, 3.05) is 25.9 Å². The number of hydrogen-bond donors (Lipinski definition) is 1. The van der Waals surface area contributed by atoms with Crippen LogP contribution in [0.2, 0.25) is 0 Å². The van der Waals surface area contributed by atoms with Crippen LogP contribution in [0.25, 0.3) is 0 Å². The highest BCUT2D eigenvalue weighted by atomic mass is 32.2. The molecule has 1 aliphatic rings. The minimum atomic E-state index is -3.09. The average Bonchev–Trinajstić information content (AvgIpc) is 2.38. The first-order chi connectivity index (χ1) is 8.51. The third kappa shape index (κ3) is 4.52. The fraction of sp³-hybridized carbons (Fsp3) is 1.00. The van der Waals surface area contributed by atoms with Gasteiger partial charge in [-0.2, -0.15) is 0 Å². The van der Waals surface area contributed by atoms with E-state index < -0.39 is 10.0 Å². The molecule has 0 saturated heterocycles. The van der Waals surface area contributed by atoms with E-state index in [9.17, 15) is 8.42 Å². The summed E-state index contributed by atoms with van der Waals surface area (Å²) < 4.78 is 25.9. The Labute approximate surface area is 112 Å². The maximum atomic E-state index is 12.1. The van der Waals surface area contributed by atoms with Crippen LogP contribution in [0.1, 0.15) is 46.0 Å². The van der Waals surface area contributed by atoms with Gasteiger partial charge in [-0.15, -0.1) is 0 Å². The summed E-state index contributed by atoms with van der Waals surface area (Å²) >= 11 is 0. The van der Waals surface area contributed by atoms with E-state index in [0.717, 1.165) is 25.3 Å². The van der Waals surface area contributed by atoms with Gasteiger partial charge in [-0.1, -0.05) is 20.3 Å². The van der Waals surface area contributed by atoms with Gasteiger partial charge in [0.2, 0.25) is 10.0 Å². The van der Waals surface area contributed by atoms with E-state index >= 15 is 0 Å². The zero-order valence-corrected chi connectivity index (χ0v) is 12.8. The second-order valence-corrected chi connectivity index (χ2v) is 7.42. The van der Waals surface area contributed by atoms with Crippen LogP contribution in [0.3, 0.4) is 0 Å². The van der Waals surface area contributed by atoms with Gasteiger partial charge >= 0.3 is 0 Å². The Morgan fingerprint density at radius 1 is 1.17 bits per heavy atom. The molecule has 0 unspecified atom stereocenters. The van der Waals surface area contributed by atoms with Crippen molar-refractivity contribution in [1.29, 1.82) is 0 Å². The quantitative estimate of drug-likeness (QED) is 0.722. The SMILES string of the molecule is CCNCCS(=O)(=O)N(C)C1CCC(CC)CC1. The molecule has 0 heterocycles. The summed E-state index contributed by atoms with van der Waals surface area (Å²) in [6.07, 6.45) is 5.62. The van der Waals surface area contributed by atoms with E-state index in [4.69, 9.17) is 0 Å². The summed E-state index contributed by atoms with van der Waals surface area (Å²) in [6.45, 7) is 5.58. The monoisotopic (exact) mass is 276 g/mol. The summed E-state index contributed by atoms with van der Waals surface area (Å²) in [7, 11) is -1.34. The molecule has 0 atom stereocenters. The lowest BCUT2D eigenvalue weighted by atomic mass is 9.85. The standard InChI is InChI=1S/C13H28N2O2S/c1-4-12-6-8-13(9-7-12)15(3)18(16,17)11-10-14-5-2/h12-14H,4-11H2,1-3H3. The summed E-state index contributed by atoms with van der Waals surface area (Å²) in [6, 6.07) is 0.222. The molecule has 0 aromatic heterocycles. The van der Waals surface area contributed by atoms with Crippen LogP contribution in [-0.4, -0.2) is 44.7 Å². The smallest absolute Gasteiger partial charge is 0.215 e. The van der Waals surface area contributed by atoms with Crippen LogP contribution in [0.15, 0.2) is 0 Å². The Morgan fingerprint density at radius 2 is 1.78 bits per heavy atom. The Bertz CT molecular complexity index is 322. The molecule has 4 nitrogen and oxygen atoms in total. The molecular formula is C13H28N2O2S. The molecule has 0 amide bonds. The van der Waals surface area contributed by atoms with Gasteiger partial charge in [-0.05, 0) is 38.1 Å². The molecule has 1 fully saturated rings. The first-order valence-corrected chi connectivity index (χ1v) is 8.78. The van der Waals surface area contributed by atoms with Crippen molar-refractivity contribution in [1.82, 2.24) is 9.62 Å². The second kappa shape index (κ2) is 7.46. The predicted molar refractivity (Wildman–Crippen MR) is 76.1 cm³/mol. The van der Waals surface area contributed by atoms with Crippen LogP contribution in [0.4, 0.5) is 0 Å². The molecule has 0 aromatic rings. The van der Waals surface area contributed by atoms with Gasteiger partial charge < -0.3 is 5.32 Å². The van der Waals surface area contributed by atoms with Gasteiger partial charge in [0, 0.05) is 19.6 Å². The lowest BCUT2D eigenvalue weighted by Gasteiger charge is -2.33. The van der Waals surface area contributed by atoms with E-state index in [1.807, 2.05) is 6.92 Å². The topological polar surface area (TPSA) is 49.4 Å². The van der Waals surface area contributed by atoms with Gasteiger partial charge in [0.05, 0.1) is 5.75 Å². The lowest BCUT2D eigenvalue weighted by molar-refractivity contribution is 0.233. The van der Waals surface area contributed by atoms with Crippen molar-refractivity contribution in [2.24, 2.45) is 5.92 Å². The summed E-state index contributed by atoms with van der Waals surface area (Å²) in [5, 5.41) is 3.07. The van der Waals surface area contributed by atoms with Crippen LogP contribution < -0.4 is 5.32 Å². The van der Waals surface area contributed by atoms with Gasteiger partial charge in [-0.25, -0.2) is 12.7 Å². The Morgan fingerprint density at radius 3 is 2.28 bits per heavy atom. The van der Waals surface area contributed by atoms with E-state index in [-0.39, 0.29) is 11.8 Å². The highest BCUT2D eigenvalue weighted by Gasteiger charge is 2.29. The van der Waals surface area contributed by atoms with Crippen molar-refractivity contribution >= 4 is 10.0 Å². The largest absolute Gasteiger partial charge is 0.316 e. The molecule has 0 aliphatic heterocycles. The summed E-state index contributed by atoms with van der Waals surface area (Å²) in [4.78, 5) is 0. The van der Waals surface area contributed by atoms with Gasteiger partial charge in [-0.3, -0.25) is 0 Å². The number of rotatable bonds is 7. The van der Waals surface area contributed by atoms with Gasteiger partial charge in [0.1, 0.15) is 0 Å². The van der Waals surface area contributed by atoms with E-state index in [2.05, 4.69) is 12.2 Å². The van der Waals surface area contributed by atoms with Crippen molar-refractivity contribution in [3.05, 3.63) is 0 Å². The molecular weight excluding hydrogens is 248 g/mol. The number of sulfonamides is 1. The maximum absolute atomic E-state index is 12.1. The molecule has 108 valence electrons. The third-order valence-corrected chi connectivity index (χ3v) is 6.03. The zero-order valence-electron chi connectivity index (χ0n) is 12.0. The van der Waals surface area contributed by atoms with Crippen molar-refractivity contribution in [3.63, 3.8) is 0 Å². The molecule has 0 aromatic carbocycles. The summed E-state index contributed by atoms with van der Waals surface area (Å²) in [5.74, 6) is 1.02. The zero-order chi connectivity index (χ0) is 13.6. The molecule has 18 heavy (non-hydrogen) atoms. The molecule has 0 radical (unpaired) electrons. The van der Waals surface area contributed by atoms with Crippen molar-refractivity contribution in [3.8, 4) is 0 Å². The van der Waals surface area contributed by atoms with Gasteiger partial charge in [0.25, 0.3) is 0 Å². The fourth-order valence-corrected chi connectivity index (χ4v) is 4.02. The van der Waals surface area contributed by atoms with Crippen molar-refractivity contribution < 1.29 is 8.42 Å². The Balaban J connectivity index is 2.45.